The summed E-state index contributed by atoms with van der Waals surface area (Å²) in [6, 6.07) is 34.9. The second kappa shape index (κ2) is 7.06. The summed E-state index contributed by atoms with van der Waals surface area (Å²) < 4.78 is 4.73. The van der Waals surface area contributed by atoms with E-state index in [9.17, 15) is 0 Å². The minimum absolute atomic E-state index is 1.05. The predicted molar refractivity (Wildman–Crippen MR) is 142 cm³/mol. The Labute approximate surface area is 197 Å². The van der Waals surface area contributed by atoms with Crippen molar-refractivity contribution in [1.82, 2.24) is 14.0 Å². The van der Waals surface area contributed by atoms with Crippen LogP contribution in [-0.2, 0) is 0 Å². The van der Waals surface area contributed by atoms with Crippen molar-refractivity contribution in [2.45, 2.75) is 13.8 Å². The molecule has 0 unspecified atom stereocenters. The fourth-order valence-electron chi connectivity index (χ4n) is 5.44. The van der Waals surface area contributed by atoms with Gasteiger partial charge in [0.15, 0.2) is 0 Å². The van der Waals surface area contributed by atoms with Gasteiger partial charge in [-0.2, -0.15) is 0 Å². The number of aryl methyl sites for hydroxylation is 1. The number of hydrogen-bond donors (Lipinski definition) is 0. The standard InChI is InChI=1S/C31H23N3/c1-20-12-17-30-33(20)28-9-3-4-10-29(28)34(30)27-11-5-8-25(21(27)2)24-16-14-22-13-15-23-7-6-18-32-31(23)26(22)19-24/h3-19H,1-2H3. The largest absolute Gasteiger partial charge is 0.298 e. The van der Waals surface area contributed by atoms with E-state index >= 15 is 0 Å². The lowest BCUT2D eigenvalue weighted by Crippen LogP contribution is -1.98. The molecule has 7 rings (SSSR count). The average Bonchev–Trinajstić information content (AvgIpc) is 3.41. The molecule has 162 valence electrons. The molecule has 0 fully saturated rings. The van der Waals surface area contributed by atoms with E-state index in [0.717, 1.165) is 5.52 Å². The number of imidazole rings is 1. The maximum atomic E-state index is 4.69. The van der Waals surface area contributed by atoms with Crippen LogP contribution >= 0.6 is 0 Å². The zero-order valence-corrected chi connectivity index (χ0v) is 19.2. The van der Waals surface area contributed by atoms with E-state index < -0.39 is 0 Å². The van der Waals surface area contributed by atoms with Crippen LogP contribution in [0.4, 0.5) is 0 Å². The third-order valence-electron chi connectivity index (χ3n) is 7.09. The molecule has 0 radical (unpaired) electrons. The van der Waals surface area contributed by atoms with Gasteiger partial charge in [-0.1, -0.05) is 54.6 Å². The molecule has 3 heteroatoms. The van der Waals surface area contributed by atoms with Crippen molar-refractivity contribution in [3.8, 4) is 16.8 Å². The van der Waals surface area contributed by atoms with Crippen molar-refractivity contribution in [3.63, 3.8) is 0 Å². The minimum Gasteiger partial charge on any atom is -0.298 e. The van der Waals surface area contributed by atoms with Crippen LogP contribution in [0.1, 0.15) is 11.3 Å². The van der Waals surface area contributed by atoms with Gasteiger partial charge in [0.05, 0.1) is 22.2 Å². The van der Waals surface area contributed by atoms with Crippen LogP contribution in [0.15, 0.2) is 103 Å². The minimum atomic E-state index is 1.05. The highest BCUT2D eigenvalue weighted by Gasteiger charge is 2.16. The smallest absolute Gasteiger partial charge is 0.122 e. The third kappa shape index (κ3) is 2.61. The molecule has 4 aromatic carbocycles. The van der Waals surface area contributed by atoms with E-state index in [1.165, 1.54) is 60.9 Å². The zero-order valence-electron chi connectivity index (χ0n) is 19.2. The summed E-state index contributed by atoms with van der Waals surface area (Å²) in [4.78, 5) is 4.69. The van der Waals surface area contributed by atoms with Crippen LogP contribution in [-0.4, -0.2) is 14.0 Å². The average molecular weight is 438 g/mol. The molecule has 0 aliphatic carbocycles. The summed E-state index contributed by atoms with van der Waals surface area (Å²) >= 11 is 0. The van der Waals surface area contributed by atoms with Gasteiger partial charge in [0.2, 0.25) is 0 Å². The molecule has 34 heavy (non-hydrogen) atoms. The molecule has 0 atom stereocenters. The molecule has 3 heterocycles. The van der Waals surface area contributed by atoms with E-state index in [2.05, 4.69) is 119 Å². The summed E-state index contributed by atoms with van der Waals surface area (Å²) in [7, 11) is 0. The van der Waals surface area contributed by atoms with Crippen molar-refractivity contribution in [1.29, 1.82) is 0 Å². The number of nitrogens with zero attached hydrogens (tertiary/aromatic N) is 3. The highest BCUT2D eigenvalue weighted by atomic mass is 15.1. The molecule has 3 nitrogen and oxygen atoms in total. The van der Waals surface area contributed by atoms with E-state index in [1.54, 1.807) is 0 Å². The fraction of sp³-hybridized carbons (Fsp3) is 0.0645. The number of rotatable bonds is 2. The number of fused-ring (bicyclic) bond motifs is 6. The molecule has 3 aromatic heterocycles. The number of pyridine rings is 1. The summed E-state index contributed by atoms with van der Waals surface area (Å²) in [6.45, 7) is 4.40. The van der Waals surface area contributed by atoms with Gasteiger partial charge in [-0.05, 0) is 78.4 Å². The van der Waals surface area contributed by atoms with Gasteiger partial charge in [-0.3, -0.25) is 14.0 Å². The van der Waals surface area contributed by atoms with Crippen LogP contribution < -0.4 is 0 Å². The zero-order chi connectivity index (χ0) is 22.8. The molecule has 0 N–H and O–H groups in total. The monoisotopic (exact) mass is 437 g/mol. The Kier molecular flexibility index (Phi) is 3.97. The molecule has 0 saturated carbocycles. The predicted octanol–water partition coefficient (Wildman–Crippen LogP) is 7.87. The maximum absolute atomic E-state index is 4.69. The Morgan fingerprint density at radius 3 is 2.41 bits per heavy atom. The second-order valence-electron chi connectivity index (χ2n) is 9.02. The fourth-order valence-corrected chi connectivity index (χ4v) is 5.44. The van der Waals surface area contributed by atoms with E-state index in [0.29, 0.717) is 0 Å². The van der Waals surface area contributed by atoms with Crippen LogP contribution in [0, 0.1) is 13.8 Å². The first-order chi connectivity index (χ1) is 16.7. The van der Waals surface area contributed by atoms with Crippen molar-refractivity contribution in [2.24, 2.45) is 0 Å². The number of para-hydroxylation sites is 2. The van der Waals surface area contributed by atoms with Crippen molar-refractivity contribution < 1.29 is 0 Å². The second-order valence-corrected chi connectivity index (χ2v) is 9.02. The molecular weight excluding hydrogens is 414 g/mol. The third-order valence-corrected chi connectivity index (χ3v) is 7.09. The first kappa shape index (κ1) is 19.1. The van der Waals surface area contributed by atoms with E-state index in [-0.39, 0.29) is 0 Å². The maximum Gasteiger partial charge on any atom is 0.122 e. The van der Waals surface area contributed by atoms with E-state index in [4.69, 9.17) is 0 Å². The molecule has 0 aliphatic rings. The van der Waals surface area contributed by atoms with Gasteiger partial charge in [0, 0.05) is 22.7 Å². The first-order valence-corrected chi connectivity index (χ1v) is 11.7. The highest BCUT2D eigenvalue weighted by molar-refractivity contribution is 6.06. The topological polar surface area (TPSA) is 22.2 Å². The van der Waals surface area contributed by atoms with Gasteiger partial charge in [0.1, 0.15) is 5.65 Å². The van der Waals surface area contributed by atoms with Gasteiger partial charge < -0.3 is 0 Å². The normalized spacial score (nSPS) is 11.8. The lowest BCUT2D eigenvalue weighted by Gasteiger charge is -2.15. The van der Waals surface area contributed by atoms with Crippen molar-refractivity contribution >= 4 is 38.4 Å². The van der Waals surface area contributed by atoms with Gasteiger partial charge in [-0.15, -0.1) is 0 Å². The summed E-state index contributed by atoms with van der Waals surface area (Å²) in [5, 5.41) is 3.57. The lowest BCUT2D eigenvalue weighted by atomic mass is 9.95. The van der Waals surface area contributed by atoms with E-state index in [1.807, 2.05) is 12.3 Å². The summed E-state index contributed by atoms with van der Waals surface area (Å²) in [5.41, 5.74) is 10.9. The Morgan fingerprint density at radius 2 is 1.50 bits per heavy atom. The van der Waals surface area contributed by atoms with Crippen LogP contribution in [0.5, 0.6) is 0 Å². The quantitative estimate of drug-likeness (QED) is 0.252. The Balaban J connectivity index is 1.50. The van der Waals surface area contributed by atoms with Crippen LogP contribution in [0.3, 0.4) is 0 Å². The Morgan fingerprint density at radius 1 is 0.676 bits per heavy atom. The SMILES string of the molecule is Cc1c(-c2ccc3ccc4cccnc4c3c2)cccc1-n1c2ccccc2n2c(C)ccc12. The van der Waals surface area contributed by atoms with Gasteiger partial charge >= 0.3 is 0 Å². The highest BCUT2D eigenvalue weighted by Crippen LogP contribution is 2.35. The number of aromatic nitrogens is 3. The summed E-state index contributed by atoms with van der Waals surface area (Å²) in [6.07, 6.45) is 1.88. The molecule has 0 aliphatic heterocycles. The Hall–Kier alpha value is -4.37. The molecule has 0 bridgehead atoms. The Bertz CT molecular complexity index is 1880. The number of hydrogen-bond acceptors (Lipinski definition) is 1. The molecule has 0 spiro atoms. The van der Waals surface area contributed by atoms with Gasteiger partial charge in [0.25, 0.3) is 0 Å². The molecule has 0 amide bonds. The molecule has 7 aromatic rings. The van der Waals surface area contributed by atoms with Crippen molar-refractivity contribution in [3.05, 3.63) is 115 Å². The first-order valence-electron chi connectivity index (χ1n) is 11.7. The van der Waals surface area contributed by atoms with Crippen molar-refractivity contribution in [2.75, 3.05) is 0 Å². The lowest BCUT2D eigenvalue weighted by molar-refractivity contribution is 1.10. The van der Waals surface area contributed by atoms with Crippen LogP contribution in [0.2, 0.25) is 0 Å². The molecular formula is C31H23N3. The van der Waals surface area contributed by atoms with Crippen LogP contribution in [0.25, 0.3) is 55.2 Å². The molecule has 0 saturated heterocycles. The number of benzene rings is 4. The van der Waals surface area contributed by atoms with Gasteiger partial charge in [-0.25, -0.2) is 0 Å². The summed E-state index contributed by atoms with van der Waals surface area (Å²) in [5.74, 6) is 0.